The van der Waals surface area contributed by atoms with Gasteiger partial charge in [-0.15, -0.1) is 0 Å². The summed E-state index contributed by atoms with van der Waals surface area (Å²) in [6.07, 6.45) is 1.83. The van der Waals surface area contributed by atoms with E-state index in [1.165, 1.54) is 6.07 Å². The summed E-state index contributed by atoms with van der Waals surface area (Å²) in [7, 11) is 0. The van der Waals surface area contributed by atoms with Crippen LogP contribution in [0.4, 0.5) is 0 Å². The van der Waals surface area contributed by atoms with Crippen LogP contribution in [0.3, 0.4) is 0 Å². The van der Waals surface area contributed by atoms with Gasteiger partial charge in [-0.25, -0.2) is 4.79 Å². The zero-order valence-corrected chi connectivity index (χ0v) is 9.94. The summed E-state index contributed by atoms with van der Waals surface area (Å²) in [5.74, 6) is -0.420. The summed E-state index contributed by atoms with van der Waals surface area (Å²) >= 11 is 11.6. The molecule has 0 spiro atoms. The number of carbonyl (C=O) groups is 1. The van der Waals surface area contributed by atoms with Crippen molar-refractivity contribution in [3.8, 4) is 0 Å². The molecule has 0 unspecified atom stereocenters. The van der Waals surface area contributed by atoms with Crippen LogP contribution in [0.5, 0.6) is 0 Å². The second kappa shape index (κ2) is 5.99. The van der Waals surface area contributed by atoms with Crippen LogP contribution in [-0.2, 0) is 4.74 Å². The van der Waals surface area contributed by atoms with Gasteiger partial charge in [-0.3, -0.25) is 0 Å². The van der Waals surface area contributed by atoms with E-state index in [-0.39, 0.29) is 0 Å². The smallest absolute Gasteiger partial charge is 0.339 e. The minimum Gasteiger partial charge on any atom is -0.462 e. The average molecular weight is 247 g/mol. The molecule has 0 aliphatic rings. The summed E-state index contributed by atoms with van der Waals surface area (Å²) in [5, 5.41) is 0.836. The Morgan fingerprint density at radius 3 is 2.80 bits per heavy atom. The van der Waals surface area contributed by atoms with Gasteiger partial charge in [-0.2, -0.15) is 0 Å². The normalized spacial score (nSPS) is 10.1. The first kappa shape index (κ1) is 12.3. The van der Waals surface area contributed by atoms with Crippen molar-refractivity contribution < 1.29 is 9.53 Å². The molecule has 0 saturated heterocycles. The Hall–Kier alpha value is -0.730. The number of rotatable bonds is 4. The van der Waals surface area contributed by atoms with Gasteiger partial charge in [0.1, 0.15) is 0 Å². The van der Waals surface area contributed by atoms with E-state index in [9.17, 15) is 4.79 Å². The third kappa shape index (κ3) is 3.73. The van der Waals surface area contributed by atoms with Crippen LogP contribution in [0.15, 0.2) is 18.2 Å². The fraction of sp³-hybridized carbons (Fsp3) is 0.364. The Balaban J connectivity index is 2.68. The van der Waals surface area contributed by atoms with Crippen LogP contribution in [-0.4, -0.2) is 12.6 Å². The van der Waals surface area contributed by atoms with Gasteiger partial charge in [0.2, 0.25) is 0 Å². The summed E-state index contributed by atoms with van der Waals surface area (Å²) in [6, 6.07) is 4.73. The zero-order valence-electron chi connectivity index (χ0n) is 8.43. The van der Waals surface area contributed by atoms with Gasteiger partial charge >= 0.3 is 5.97 Å². The van der Waals surface area contributed by atoms with E-state index in [1.807, 2.05) is 6.92 Å². The third-order valence-corrected chi connectivity index (χ3v) is 2.44. The van der Waals surface area contributed by atoms with E-state index in [1.54, 1.807) is 12.1 Å². The van der Waals surface area contributed by atoms with E-state index in [0.717, 1.165) is 12.8 Å². The highest BCUT2D eigenvalue weighted by molar-refractivity contribution is 6.35. The molecule has 2 nitrogen and oxygen atoms in total. The molecule has 0 aliphatic carbocycles. The molecule has 0 heterocycles. The summed E-state index contributed by atoms with van der Waals surface area (Å²) < 4.78 is 5.02. The maximum absolute atomic E-state index is 11.5. The predicted molar refractivity (Wildman–Crippen MR) is 61.7 cm³/mol. The van der Waals surface area contributed by atoms with Crippen molar-refractivity contribution in [3.63, 3.8) is 0 Å². The lowest BCUT2D eigenvalue weighted by molar-refractivity contribution is 0.0500. The standard InChI is InChI=1S/C11H12Cl2O2/c1-2-3-6-15-11(14)9-7-8(12)4-5-10(9)13/h4-5,7H,2-3,6H2,1H3. The molecular formula is C11H12Cl2O2. The van der Waals surface area contributed by atoms with Crippen molar-refractivity contribution in [2.45, 2.75) is 19.8 Å². The van der Waals surface area contributed by atoms with Crippen LogP contribution in [0, 0.1) is 0 Å². The van der Waals surface area contributed by atoms with Gasteiger partial charge in [0, 0.05) is 5.02 Å². The molecule has 0 fully saturated rings. The average Bonchev–Trinajstić information content (AvgIpc) is 2.22. The van der Waals surface area contributed by atoms with Crippen molar-refractivity contribution in [2.75, 3.05) is 6.61 Å². The number of halogens is 2. The molecule has 15 heavy (non-hydrogen) atoms. The molecule has 0 aromatic heterocycles. The highest BCUT2D eigenvalue weighted by Gasteiger charge is 2.11. The highest BCUT2D eigenvalue weighted by atomic mass is 35.5. The molecule has 82 valence electrons. The monoisotopic (exact) mass is 246 g/mol. The van der Waals surface area contributed by atoms with Gasteiger partial charge in [-0.05, 0) is 24.6 Å². The Kier molecular flexibility index (Phi) is 4.92. The van der Waals surface area contributed by atoms with Crippen molar-refractivity contribution in [3.05, 3.63) is 33.8 Å². The highest BCUT2D eigenvalue weighted by Crippen LogP contribution is 2.21. The van der Waals surface area contributed by atoms with Crippen LogP contribution < -0.4 is 0 Å². The first-order valence-electron chi connectivity index (χ1n) is 4.77. The number of carbonyl (C=O) groups excluding carboxylic acids is 1. The fourth-order valence-corrected chi connectivity index (χ4v) is 1.41. The number of hydrogen-bond donors (Lipinski definition) is 0. The molecule has 0 amide bonds. The van der Waals surface area contributed by atoms with Crippen molar-refractivity contribution in [1.82, 2.24) is 0 Å². The molecule has 0 bridgehead atoms. The van der Waals surface area contributed by atoms with E-state index in [0.29, 0.717) is 22.2 Å². The van der Waals surface area contributed by atoms with Crippen LogP contribution in [0.1, 0.15) is 30.1 Å². The van der Waals surface area contributed by atoms with E-state index < -0.39 is 5.97 Å². The first-order chi connectivity index (χ1) is 7.15. The number of unbranched alkanes of at least 4 members (excludes halogenated alkanes) is 1. The minimum atomic E-state index is -0.420. The number of esters is 1. The first-order valence-corrected chi connectivity index (χ1v) is 5.53. The van der Waals surface area contributed by atoms with Crippen LogP contribution >= 0.6 is 23.2 Å². The topological polar surface area (TPSA) is 26.3 Å². The lowest BCUT2D eigenvalue weighted by atomic mass is 10.2. The van der Waals surface area contributed by atoms with E-state index in [4.69, 9.17) is 27.9 Å². The Bertz CT molecular complexity index is 350. The Morgan fingerprint density at radius 2 is 2.13 bits per heavy atom. The molecule has 4 heteroatoms. The van der Waals surface area contributed by atoms with Gasteiger partial charge in [0.15, 0.2) is 0 Å². The lowest BCUT2D eigenvalue weighted by Gasteiger charge is -2.05. The second-order valence-corrected chi connectivity index (χ2v) is 3.96. The van der Waals surface area contributed by atoms with Gasteiger partial charge in [0.05, 0.1) is 17.2 Å². The van der Waals surface area contributed by atoms with Crippen LogP contribution in [0.25, 0.3) is 0 Å². The maximum Gasteiger partial charge on any atom is 0.339 e. The number of benzene rings is 1. The molecule has 0 aliphatic heterocycles. The summed E-state index contributed by atoms with van der Waals surface area (Å²) in [6.45, 7) is 2.44. The fourth-order valence-electron chi connectivity index (χ4n) is 1.04. The summed E-state index contributed by atoms with van der Waals surface area (Å²) in [5.41, 5.74) is 0.320. The van der Waals surface area contributed by atoms with E-state index >= 15 is 0 Å². The molecule has 0 atom stereocenters. The maximum atomic E-state index is 11.5. The number of ether oxygens (including phenoxy) is 1. The SMILES string of the molecule is CCCCOC(=O)c1cc(Cl)ccc1Cl. The van der Waals surface area contributed by atoms with E-state index in [2.05, 4.69) is 0 Å². The van der Waals surface area contributed by atoms with Crippen molar-refractivity contribution in [2.24, 2.45) is 0 Å². The van der Waals surface area contributed by atoms with Crippen molar-refractivity contribution in [1.29, 1.82) is 0 Å². The Morgan fingerprint density at radius 1 is 1.40 bits per heavy atom. The Labute approximate surface area is 99.1 Å². The quantitative estimate of drug-likeness (QED) is 0.594. The molecule has 0 N–H and O–H groups in total. The van der Waals surface area contributed by atoms with Crippen LogP contribution in [0.2, 0.25) is 10.0 Å². The lowest BCUT2D eigenvalue weighted by Crippen LogP contribution is -2.06. The van der Waals surface area contributed by atoms with Gasteiger partial charge in [-0.1, -0.05) is 36.5 Å². The molecule has 0 radical (unpaired) electrons. The molecule has 1 aromatic rings. The minimum absolute atomic E-state index is 0.320. The molecular weight excluding hydrogens is 235 g/mol. The summed E-state index contributed by atoms with van der Waals surface area (Å²) in [4.78, 5) is 11.5. The largest absolute Gasteiger partial charge is 0.462 e. The van der Waals surface area contributed by atoms with Gasteiger partial charge in [0.25, 0.3) is 0 Å². The van der Waals surface area contributed by atoms with Crippen molar-refractivity contribution >= 4 is 29.2 Å². The number of hydrogen-bond acceptors (Lipinski definition) is 2. The predicted octanol–water partition coefficient (Wildman–Crippen LogP) is 3.95. The molecule has 1 rings (SSSR count). The second-order valence-electron chi connectivity index (χ2n) is 3.11. The third-order valence-electron chi connectivity index (χ3n) is 1.88. The van der Waals surface area contributed by atoms with Gasteiger partial charge < -0.3 is 4.74 Å². The molecule has 1 aromatic carbocycles. The zero-order chi connectivity index (χ0) is 11.3. The molecule has 0 saturated carbocycles.